The Morgan fingerprint density at radius 2 is 1.90 bits per heavy atom. The molecule has 0 aliphatic carbocycles. The maximum atomic E-state index is 6.30. The molecule has 1 aliphatic rings. The van der Waals surface area contributed by atoms with Gasteiger partial charge in [-0.3, -0.25) is 4.98 Å². The van der Waals surface area contributed by atoms with Crippen molar-refractivity contribution in [2.24, 2.45) is 5.73 Å². The molecular weight excluding hydrogens is 364 g/mol. The highest BCUT2D eigenvalue weighted by Gasteiger charge is 2.22. The third-order valence-corrected chi connectivity index (χ3v) is 5.45. The fraction of sp³-hybridized carbons (Fsp3) is 0.381. The van der Waals surface area contributed by atoms with Gasteiger partial charge < -0.3 is 10.6 Å². The number of anilines is 1. The monoisotopic (exact) mass is 388 g/mol. The molecule has 29 heavy (non-hydrogen) atoms. The Balaban J connectivity index is 1.84. The summed E-state index contributed by atoms with van der Waals surface area (Å²) in [5, 5.41) is 5.74. The Kier molecular flexibility index (Phi) is 4.35. The Morgan fingerprint density at radius 1 is 1.07 bits per heavy atom. The molecule has 0 unspecified atom stereocenters. The second-order valence-corrected chi connectivity index (χ2v) is 7.76. The molecule has 1 saturated heterocycles. The van der Waals surface area contributed by atoms with Gasteiger partial charge in [-0.1, -0.05) is 6.07 Å². The molecular formula is C21H24N8. The number of aromatic nitrogens is 6. The van der Waals surface area contributed by atoms with Crippen LogP contribution in [-0.2, 0) is 0 Å². The topological polar surface area (TPSA) is 98.1 Å². The van der Waals surface area contributed by atoms with Crippen molar-refractivity contribution in [1.82, 2.24) is 29.5 Å². The van der Waals surface area contributed by atoms with E-state index in [-0.39, 0.29) is 6.04 Å². The van der Waals surface area contributed by atoms with Crippen molar-refractivity contribution in [3.63, 3.8) is 0 Å². The Morgan fingerprint density at radius 3 is 2.62 bits per heavy atom. The van der Waals surface area contributed by atoms with Crippen molar-refractivity contribution >= 4 is 22.5 Å². The minimum absolute atomic E-state index is 0.121. The number of nitrogens with two attached hydrogens (primary N) is 1. The van der Waals surface area contributed by atoms with Crippen molar-refractivity contribution < 1.29 is 0 Å². The minimum atomic E-state index is -0.121. The van der Waals surface area contributed by atoms with Gasteiger partial charge in [-0.2, -0.15) is 4.52 Å². The van der Waals surface area contributed by atoms with Crippen molar-refractivity contribution in [3.8, 4) is 11.5 Å². The van der Waals surface area contributed by atoms with E-state index < -0.39 is 0 Å². The van der Waals surface area contributed by atoms with Crippen LogP contribution in [-0.4, -0.2) is 42.6 Å². The number of hydrogen-bond acceptors (Lipinski definition) is 7. The van der Waals surface area contributed by atoms with Gasteiger partial charge in [0.1, 0.15) is 5.69 Å². The molecule has 0 radical (unpaired) electrons. The van der Waals surface area contributed by atoms with Crippen LogP contribution in [0.2, 0.25) is 0 Å². The fourth-order valence-electron chi connectivity index (χ4n) is 4.04. The quantitative estimate of drug-likeness (QED) is 0.576. The van der Waals surface area contributed by atoms with E-state index in [1.54, 1.807) is 18.6 Å². The minimum Gasteiger partial charge on any atom is -0.341 e. The normalized spacial score (nSPS) is 15.9. The Hall–Kier alpha value is -3.13. The van der Waals surface area contributed by atoms with Crippen molar-refractivity contribution in [2.75, 3.05) is 18.0 Å². The second-order valence-electron chi connectivity index (χ2n) is 7.76. The van der Waals surface area contributed by atoms with Crippen LogP contribution in [0.1, 0.15) is 43.4 Å². The first-order chi connectivity index (χ1) is 14.1. The Bertz CT molecular complexity index is 1180. The van der Waals surface area contributed by atoms with Gasteiger partial charge in [0.15, 0.2) is 5.65 Å². The third kappa shape index (κ3) is 3.09. The number of hydrogen-bond donors (Lipinski definition) is 1. The molecule has 0 bridgehead atoms. The van der Waals surface area contributed by atoms with Gasteiger partial charge in [-0.25, -0.2) is 15.0 Å². The zero-order valence-corrected chi connectivity index (χ0v) is 16.7. The standard InChI is InChI=1S/C21H24N8/c1-13-10-15(14(2)22)18-16(11-13)20-26-19(17-12-23-6-7-24-17)27-29(20)21(25-18)28-8-4-3-5-9-28/h6-7,10-12,14H,3-5,8-9,22H2,1-2H3/t14-/m1/s1. The van der Waals surface area contributed by atoms with Crippen molar-refractivity contribution in [3.05, 3.63) is 41.9 Å². The van der Waals surface area contributed by atoms with E-state index in [4.69, 9.17) is 20.8 Å². The summed E-state index contributed by atoms with van der Waals surface area (Å²) in [5.41, 5.74) is 10.8. The lowest BCUT2D eigenvalue weighted by molar-refractivity contribution is 0.563. The number of aryl methyl sites for hydroxylation is 1. The molecule has 2 N–H and O–H groups in total. The average molecular weight is 388 g/mol. The molecule has 3 aromatic heterocycles. The molecule has 8 heteroatoms. The highest BCUT2D eigenvalue weighted by atomic mass is 15.4. The van der Waals surface area contributed by atoms with E-state index >= 15 is 0 Å². The molecule has 1 aromatic carbocycles. The van der Waals surface area contributed by atoms with E-state index in [0.717, 1.165) is 59.6 Å². The van der Waals surface area contributed by atoms with E-state index in [9.17, 15) is 0 Å². The van der Waals surface area contributed by atoms with Crippen LogP contribution in [0.15, 0.2) is 30.7 Å². The summed E-state index contributed by atoms with van der Waals surface area (Å²) in [7, 11) is 0. The van der Waals surface area contributed by atoms with Gasteiger partial charge in [-0.15, -0.1) is 5.10 Å². The summed E-state index contributed by atoms with van der Waals surface area (Å²) >= 11 is 0. The molecule has 8 nitrogen and oxygen atoms in total. The summed E-state index contributed by atoms with van der Waals surface area (Å²) in [4.78, 5) is 20.8. The number of rotatable bonds is 3. The van der Waals surface area contributed by atoms with Gasteiger partial charge >= 0.3 is 0 Å². The van der Waals surface area contributed by atoms with E-state index in [1.165, 1.54) is 6.42 Å². The number of piperidine rings is 1. The summed E-state index contributed by atoms with van der Waals surface area (Å²) in [6.45, 7) is 6.00. The zero-order valence-electron chi connectivity index (χ0n) is 16.7. The summed E-state index contributed by atoms with van der Waals surface area (Å²) in [5.74, 6) is 1.37. The first-order valence-electron chi connectivity index (χ1n) is 10.1. The van der Waals surface area contributed by atoms with E-state index in [0.29, 0.717) is 11.5 Å². The average Bonchev–Trinajstić information content (AvgIpc) is 3.20. The van der Waals surface area contributed by atoms with E-state index in [2.05, 4.69) is 33.9 Å². The molecule has 5 rings (SSSR count). The first-order valence-corrected chi connectivity index (χ1v) is 10.1. The van der Waals surface area contributed by atoms with Crippen LogP contribution in [0.3, 0.4) is 0 Å². The van der Waals surface area contributed by atoms with Crippen LogP contribution in [0, 0.1) is 6.92 Å². The SMILES string of the molecule is Cc1cc([C@@H](C)N)c2nc(N3CCCCC3)n3nc(-c4cnccn4)nc3c2c1. The van der Waals surface area contributed by atoms with Crippen LogP contribution in [0.4, 0.5) is 5.95 Å². The fourth-order valence-corrected chi connectivity index (χ4v) is 4.04. The maximum absolute atomic E-state index is 6.30. The number of nitrogens with zero attached hydrogens (tertiary/aromatic N) is 7. The molecule has 4 heterocycles. The lowest BCUT2D eigenvalue weighted by atomic mass is 10.0. The third-order valence-electron chi connectivity index (χ3n) is 5.45. The van der Waals surface area contributed by atoms with Gasteiger partial charge in [0.05, 0.1) is 11.7 Å². The van der Waals surface area contributed by atoms with Crippen LogP contribution >= 0.6 is 0 Å². The molecule has 0 spiro atoms. The van der Waals surface area contributed by atoms with Crippen molar-refractivity contribution in [1.29, 1.82) is 0 Å². The highest BCUT2D eigenvalue weighted by Crippen LogP contribution is 2.31. The Labute approximate surface area is 168 Å². The molecule has 1 aliphatic heterocycles. The smallest absolute Gasteiger partial charge is 0.229 e. The van der Waals surface area contributed by atoms with Crippen LogP contribution in [0.5, 0.6) is 0 Å². The first kappa shape index (κ1) is 17.9. The predicted octanol–water partition coefficient (Wildman–Crippen LogP) is 3.05. The predicted molar refractivity (Wildman–Crippen MR) is 113 cm³/mol. The molecule has 1 atom stereocenters. The maximum Gasteiger partial charge on any atom is 0.229 e. The molecule has 4 aromatic rings. The largest absolute Gasteiger partial charge is 0.341 e. The van der Waals surface area contributed by atoms with Gasteiger partial charge in [-0.05, 0) is 50.3 Å². The summed E-state index contributed by atoms with van der Waals surface area (Å²) in [6, 6.07) is 4.11. The van der Waals surface area contributed by atoms with E-state index in [1.807, 2.05) is 11.4 Å². The number of benzene rings is 1. The number of fused-ring (bicyclic) bond motifs is 3. The molecule has 148 valence electrons. The summed E-state index contributed by atoms with van der Waals surface area (Å²) < 4.78 is 1.86. The zero-order chi connectivity index (χ0) is 20.0. The second kappa shape index (κ2) is 7.04. The molecule has 1 fully saturated rings. The van der Waals surface area contributed by atoms with Crippen molar-refractivity contribution in [2.45, 2.75) is 39.2 Å². The van der Waals surface area contributed by atoms with Gasteiger partial charge in [0, 0.05) is 36.9 Å². The lowest BCUT2D eigenvalue weighted by Gasteiger charge is -2.28. The van der Waals surface area contributed by atoms with Gasteiger partial charge in [0.2, 0.25) is 11.8 Å². The molecule has 0 saturated carbocycles. The summed E-state index contributed by atoms with van der Waals surface area (Å²) in [6.07, 6.45) is 8.54. The highest BCUT2D eigenvalue weighted by molar-refractivity contribution is 5.95. The van der Waals surface area contributed by atoms with Gasteiger partial charge in [0.25, 0.3) is 0 Å². The lowest BCUT2D eigenvalue weighted by Crippen LogP contribution is -2.32. The van der Waals surface area contributed by atoms with Crippen LogP contribution in [0.25, 0.3) is 28.1 Å². The van der Waals surface area contributed by atoms with Crippen LogP contribution < -0.4 is 10.6 Å². The molecule has 0 amide bonds.